The summed E-state index contributed by atoms with van der Waals surface area (Å²) < 4.78 is 0. The lowest BCUT2D eigenvalue weighted by atomic mass is 10.1. The van der Waals surface area contributed by atoms with Gasteiger partial charge in [0.05, 0.1) is 11.3 Å². The quantitative estimate of drug-likeness (QED) is 0.764. The van der Waals surface area contributed by atoms with Crippen molar-refractivity contribution in [1.82, 2.24) is 5.32 Å². The highest BCUT2D eigenvalue weighted by molar-refractivity contribution is 6.09. The van der Waals surface area contributed by atoms with E-state index in [1.807, 2.05) is 32.9 Å². The van der Waals surface area contributed by atoms with Crippen LogP contribution in [0.5, 0.6) is 0 Å². The van der Waals surface area contributed by atoms with Crippen molar-refractivity contribution >= 4 is 29.9 Å². The highest BCUT2D eigenvalue weighted by atomic mass is 35.5. The summed E-state index contributed by atoms with van der Waals surface area (Å²) in [6.45, 7) is 5.93. The topological polar surface area (TPSA) is 84.2 Å². The molecule has 2 aromatic rings. The summed E-state index contributed by atoms with van der Waals surface area (Å²) in [4.78, 5) is 24.8. The third-order valence-corrected chi connectivity index (χ3v) is 3.40. The molecule has 0 atom stereocenters. The maximum atomic E-state index is 12.4. The maximum Gasteiger partial charge on any atom is 0.255 e. The first kappa shape index (κ1) is 20.7. The first-order chi connectivity index (χ1) is 11.3. The Bertz CT molecular complexity index is 754. The Morgan fingerprint density at radius 1 is 1.04 bits per heavy atom. The van der Waals surface area contributed by atoms with E-state index in [2.05, 4.69) is 10.6 Å². The van der Waals surface area contributed by atoms with E-state index in [9.17, 15) is 9.59 Å². The lowest BCUT2D eigenvalue weighted by Gasteiger charge is -2.19. The number of nitrogens with one attached hydrogen (secondary N) is 2. The highest BCUT2D eigenvalue weighted by Crippen LogP contribution is 2.17. The molecular formula is C19H24ClN3O2. The smallest absolute Gasteiger partial charge is 0.255 e. The average molecular weight is 362 g/mol. The second kappa shape index (κ2) is 8.65. The first-order valence-electron chi connectivity index (χ1n) is 7.80. The second-order valence-corrected chi connectivity index (χ2v) is 6.54. The molecule has 4 N–H and O–H groups in total. The van der Waals surface area contributed by atoms with Crippen LogP contribution in [0, 0.1) is 6.92 Å². The van der Waals surface area contributed by atoms with E-state index < -0.39 is 5.54 Å². The predicted octanol–water partition coefficient (Wildman–Crippen LogP) is 3.14. The van der Waals surface area contributed by atoms with Gasteiger partial charge in [0.1, 0.15) is 0 Å². The van der Waals surface area contributed by atoms with Crippen LogP contribution in [-0.2, 0) is 0 Å². The van der Waals surface area contributed by atoms with Gasteiger partial charge < -0.3 is 16.4 Å². The lowest BCUT2D eigenvalue weighted by molar-refractivity contribution is 0.0947. The van der Waals surface area contributed by atoms with Gasteiger partial charge in [-0.25, -0.2) is 0 Å². The number of benzene rings is 2. The van der Waals surface area contributed by atoms with Gasteiger partial charge in [-0.3, -0.25) is 9.59 Å². The molecule has 6 heteroatoms. The van der Waals surface area contributed by atoms with Crippen molar-refractivity contribution in [2.24, 2.45) is 5.73 Å². The minimum Gasteiger partial charge on any atom is -0.350 e. The van der Waals surface area contributed by atoms with Gasteiger partial charge in [-0.1, -0.05) is 29.8 Å². The van der Waals surface area contributed by atoms with Crippen molar-refractivity contribution in [2.45, 2.75) is 26.3 Å². The normalized spacial score (nSPS) is 10.6. The van der Waals surface area contributed by atoms with Crippen LogP contribution >= 0.6 is 12.4 Å². The first-order valence-corrected chi connectivity index (χ1v) is 7.80. The number of carbonyl (C=O) groups is 2. The fourth-order valence-electron chi connectivity index (χ4n) is 2.17. The zero-order valence-electron chi connectivity index (χ0n) is 14.6. The molecule has 2 amide bonds. The van der Waals surface area contributed by atoms with E-state index >= 15 is 0 Å². The van der Waals surface area contributed by atoms with E-state index in [1.165, 1.54) is 0 Å². The van der Waals surface area contributed by atoms with Gasteiger partial charge in [0.15, 0.2) is 0 Å². The van der Waals surface area contributed by atoms with E-state index in [-0.39, 0.29) is 24.2 Å². The third-order valence-electron chi connectivity index (χ3n) is 3.40. The molecule has 0 heterocycles. The second-order valence-electron chi connectivity index (χ2n) is 6.54. The van der Waals surface area contributed by atoms with Gasteiger partial charge in [-0.15, -0.1) is 12.4 Å². The largest absolute Gasteiger partial charge is 0.350 e. The Kier molecular flexibility index (Phi) is 7.15. The Morgan fingerprint density at radius 2 is 1.72 bits per heavy atom. The van der Waals surface area contributed by atoms with E-state index in [0.29, 0.717) is 23.4 Å². The predicted molar refractivity (Wildman–Crippen MR) is 103 cm³/mol. The SMILES string of the molecule is Cc1cccc(C(=O)Nc2ccccc2C(=O)NCC(C)(C)N)c1.Cl. The molecule has 2 aromatic carbocycles. The maximum absolute atomic E-state index is 12.4. The number of rotatable bonds is 5. The van der Waals surface area contributed by atoms with Crippen LogP contribution in [-0.4, -0.2) is 23.9 Å². The number of anilines is 1. The molecule has 5 nitrogen and oxygen atoms in total. The molecule has 0 fully saturated rings. The van der Waals surface area contributed by atoms with Gasteiger partial charge in [0, 0.05) is 17.6 Å². The third kappa shape index (κ3) is 6.21. The molecule has 0 bridgehead atoms. The van der Waals surface area contributed by atoms with Gasteiger partial charge in [-0.2, -0.15) is 0 Å². The molecule has 25 heavy (non-hydrogen) atoms. The van der Waals surface area contributed by atoms with Crippen molar-refractivity contribution in [3.8, 4) is 0 Å². The van der Waals surface area contributed by atoms with Crippen LogP contribution in [0.1, 0.15) is 40.1 Å². The molecule has 0 unspecified atom stereocenters. The van der Waals surface area contributed by atoms with Crippen LogP contribution in [0.2, 0.25) is 0 Å². The van der Waals surface area contributed by atoms with Crippen LogP contribution in [0.3, 0.4) is 0 Å². The zero-order valence-corrected chi connectivity index (χ0v) is 15.4. The Hall–Kier alpha value is -2.37. The summed E-state index contributed by atoms with van der Waals surface area (Å²) >= 11 is 0. The van der Waals surface area contributed by atoms with Crippen LogP contribution in [0.15, 0.2) is 48.5 Å². The number of aryl methyl sites for hydroxylation is 1. The molecule has 0 radical (unpaired) electrons. The molecular weight excluding hydrogens is 338 g/mol. The molecule has 0 saturated carbocycles. The van der Waals surface area contributed by atoms with E-state index in [0.717, 1.165) is 5.56 Å². The zero-order chi connectivity index (χ0) is 17.7. The van der Waals surface area contributed by atoms with Crippen molar-refractivity contribution in [3.05, 3.63) is 65.2 Å². The molecule has 0 aliphatic rings. The molecule has 0 saturated heterocycles. The van der Waals surface area contributed by atoms with Crippen LogP contribution in [0.4, 0.5) is 5.69 Å². The molecule has 0 aliphatic carbocycles. The average Bonchev–Trinajstić information content (AvgIpc) is 2.52. The van der Waals surface area contributed by atoms with Gasteiger partial charge >= 0.3 is 0 Å². The summed E-state index contributed by atoms with van der Waals surface area (Å²) in [5, 5.41) is 5.59. The molecule has 0 spiro atoms. The summed E-state index contributed by atoms with van der Waals surface area (Å²) in [7, 11) is 0. The Morgan fingerprint density at radius 3 is 2.36 bits per heavy atom. The number of para-hydroxylation sites is 1. The fourth-order valence-corrected chi connectivity index (χ4v) is 2.17. The number of carbonyl (C=O) groups excluding carboxylic acids is 2. The van der Waals surface area contributed by atoms with Crippen LogP contribution in [0.25, 0.3) is 0 Å². The standard InChI is InChI=1S/C19H23N3O2.ClH/c1-13-7-6-8-14(11-13)17(23)22-16-10-5-4-9-15(16)18(24)21-12-19(2,3)20;/h4-11H,12,20H2,1-3H3,(H,21,24)(H,22,23);1H. The van der Waals surface area contributed by atoms with Gasteiger partial charge in [0.25, 0.3) is 11.8 Å². The molecule has 0 aliphatic heterocycles. The summed E-state index contributed by atoms with van der Waals surface area (Å²) in [6.07, 6.45) is 0. The molecule has 0 aromatic heterocycles. The van der Waals surface area contributed by atoms with Gasteiger partial charge in [0.2, 0.25) is 0 Å². The number of amides is 2. The fraction of sp³-hybridized carbons (Fsp3) is 0.263. The van der Waals surface area contributed by atoms with Crippen molar-refractivity contribution in [1.29, 1.82) is 0 Å². The Balaban J connectivity index is 0.00000312. The number of nitrogens with two attached hydrogens (primary N) is 1. The minimum atomic E-state index is -0.505. The molecule has 134 valence electrons. The van der Waals surface area contributed by atoms with Crippen molar-refractivity contribution < 1.29 is 9.59 Å². The highest BCUT2D eigenvalue weighted by Gasteiger charge is 2.17. The number of halogens is 1. The minimum absolute atomic E-state index is 0. The number of hydrogen-bond acceptors (Lipinski definition) is 3. The molecule has 2 rings (SSSR count). The summed E-state index contributed by atoms with van der Waals surface area (Å²) in [6, 6.07) is 14.2. The van der Waals surface area contributed by atoms with E-state index in [4.69, 9.17) is 5.73 Å². The summed E-state index contributed by atoms with van der Waals surface area (Å²) in [5.74, 6) is -0.522. The van der Waals surface area contributed by atoms with Crippen LogP contribution < -0.4 is 16.4 Å². The van der Waals surface area contributed by atoms with Crippen molar-refractivity contribution in [2.75, 3.05) is 11.9 Å². The van der Waals surface area contributed by atoms with E-state index in [1.54, 1.807) is 36.4 Å². The number of hydrogen-bond donors (Lipinski definition) is 3. The van der Waals surface area contributed by atoms with Crippen molar-refractivity contribution in [3.63, 3.8) is 0 Å². The lowest BCUT2D eigenvalue weighted by Crippen LogP contribution is -2.45. The Labute approximate surface area is 154 Å². The monoisotopic (exact) mass is 361 g/mol. The van der Waals surface area contributed by atoms with Gasteiger partial charge in [-0.05, 0) is 45.0 Å². The summed E-state index contributed by atoms with van der Waals surface area (Å²) in [5.41, 5.74) is 7.80.